The number of ether oxygens (including phenoxy) is 1. The zero-order valence-electron chi connectivity index (χ0n) is 14.1. The van der Waals surface area contributed by atoms with Gasteiger partial charge < -0.3 is 9.15 Å². The second-order valence-electron chi connectivity index (χ2n) is 5.63. The number of hydrogen-bond donors (Lipinski definition) is 0. The van der Waals surface area contributed by atoms with E-state index in [1.54, 1.807) is 18.9 Å². The number of methoxy groups -OCH3 is 1. The van der Waals surface area contributed by atoms with Crippen molar-refractivity contribution in [2.45, 2.75) is 23.5 Å². The van der Waals surface area contributed by atoms with E-state index in [1.165, 1.54) is 5.56 Å². The van der Waals surface area contributed by atoms with Crippen molar-refractivity contribution in [3.05, 3.63) is 94.0 Å². The van der Waals surface area contributed by atoms with Crippen LogP contribution >= 0.6 is 11.8 Å². The van der Waals surface area contributed by atoms with Gasteiger partial charge in [0.15, 0.2) is 0 Å². The van der Waals surface area contributed by atoms with Crippen molar-refractivity contribution >= 4 is 11.8 Å². The second kappa shape index (κ2) is 8.58. The molecule has 0 unspecified atom stereocenters. The predicted molar refractivity (Wildman–Crippen MR) is 101 cm³/mol. The van der Waals surface area contributed by atoms with E-state index in [0.717, 1.165) is 11.3 Å². The van der Waals surface area contributed by atoms with Gasteiger partial charge in [-0.3, -0.25) is 0 Å². The van der Waals surface area contributed by atoms with E-state index in [4.69, 9.17) is 9.15 Å². The van der Waals surface area contributed by atoms with Gasteiger partial charge in [-0.15, -0.1) is 11.8 Å². The first-order chi connectivity index (χ1) is 12.3. The van der Waals surface area contributed by atoms with Gasteiger partial charge in [0.05, 0.1) is 12.7 Å². The van der Waals surface area contributed by atoms with Crippen LogP contribution in [0.2, 0.25) is 0 Å². The highest BCUT2D eigenvalue weighted by atomic mass is 32.2. The Labute approximate surface area is 151 Å². The van der Waals surface area contributed by atoms with Crippen LogP contribution in [0.4, 0.5) is 0 Å². The molecular weight excluding hydrogens is 332 g/mol. The number of rotatable bonds is 7. The smallest absolute Gasteiger partial charge is 0.343 e. The van der Waals surface area contributed by atoms with Crippen molar-refractivity contribution in [2.24, 2.45) is 0 Å². The SMILES string of the molecule is COc1cc(CCc2ccccc2)oc(=O)c1CSc1ccccc1. The standard InChI is InChI=1S/C21H20O3S/c1-23-20-14-17(13-12-16-8-4-2-5-9-16)24-21(22)19(20)15-25-18-10-6-3-7-11-18/h2-11,14H,12-13,15H2,1H3. The van der Waals surface area contributed by atoms with Gasteiger partial charge >= 0.3 is 5.63 Å². The normalized spacial score (nSPS) is 10.6. The minimum atomic E-state index is -0.314. The monoisotopic (exact) mass is 352 g/mol. The molecule has 0 atom stereocenters. The summed E-state index contributed by atoms with van der Waals surface area (Å²) in [6, 6.07) is 22.0. The van der Waals surface area contributed by atoms with Crippen LogP contribution in [-0.4, -0.2) is 7.11 Å². The van der Waals surface area contributed by atoms with Crippen molar-refractivity contribution in [3.8, 4) is 5.75 Å². The number of benzene rings is 2. The molecule has 0 bridgehead atoms. The first-order valence-electron chi connectivity index (χ1n) is 8.18. The Hall–Kier alpha value is -2.46. The molecule has 2 aromatic carbocycles. The Kier molecular flexibility index (Phi) is 5.96. The summed E-state index contributed by atoms with van der Waals surface area (Å²) in [5.74, 6) is 1.77. The topological polar surface area (TPSA) is 39.4 Å². The van der Waals surface area contributed by atoms with Gasteiger partial charge in [-0.2, -0.15) is 0 Å². The van der Waals surface area contributed by atoms with Crippen molar-refractivity contribution in [2.75, 3.05) is 7.11 Å². The van der Waals surface area contributed by atoms with Gasteiger partial charge in [0, 0.05) is 23.1 Å². The van der Waals surface area contributed by atoms with Crippen LogP contribution in [0, 0.1) is 0 Å². The van der Waals surface area contributed by atoms with Gasteiger partial charge in [0.25, 0.3) is 0 Å². The Bertz CT molecular complexity index is 857. The number of thioether (sulfide) groups is 1. The fraction of sp³-hybridized carbons (Fsp3) is 0.190. The molecule has 0 aliphatic heterocycles. The summed E-state index contributed by atoms with van der Waals surface area (Å²) in [6.45, 7) is 0. The Morgan fingerprint density at radius 3 is 2.32 bits per heavy atom. The van der Waals surface area contributed by atoms with Gasteiger partial charge in [-0.05, 0) is 24.1 Å². The maximum absolute atomic E-state index is 12.4. The molecule has 3 rings (SSSR count). The van der Waals surface area contributed by atoms with Crippen LogP contribution in [0.25, 0.3) is 0 Å². The van der Waals surface area contributed by atoms with E-state index in [0.29, 0.717) is 29.2 Å². The highest BCUT2D eigenvalue weighted by Crippen LogP contribution is 2.26. The fourth-order valence-electron chi connectivity index (χ4n) is 2.56. The van der Waals surface area contributed by atoms with E-state index >= 15 is 0 Å². The van der Waals surface area contributed by atoms with E-state index in [-0.39, 0.29) is 5.63 Å². The predicted octanol–water partition coefficient (Wildman–Crippen LogP) is 4.73. The summed E-state index contributed by atoms with van der Waals surface area (Å²) in [4.78, 5) is 13.5. The zero-order valence-corrected chi connectivity index (χ0v) is 14.9. The second-order valence-corrected chi connectivity index (χ2v) is 6.68. The lowest BCUT2D eigenvalue weighted by Crippen LogP contribution is -2.10. The number of aryl methyl sites for hydroxylation is 2. The Morgan fingerprint density at radius 1 is 0.960 bits per heavy atom. The van der Waals surface area contributed by atoms with Crippen LogP contribution < -0.4 is 10.4 Å². The van der Waals surface area contributed by atoms with Gasteiger partial charge in [-0.25, -0.2) is 4.79 Å². The molecule has 0 radical (unpaired) electrons. The summed E-state index contributed by atoms with van der Waals surface area (Å²) >= 11 is 1.59. The third kappa shape index (κ3) is 4.77. The molecule has 0 saturated carbocycles. The molecule has 0 amide bonds. The van der Waals surface area contributed by atoms with Gasteiger partial charge in [-0.1, -0.05) is 48.5 Å². The third-order valence-electron chi connectivity index (χ3n) is 3.91. The van der Waals surface area contributed by atoms with Crippen LogP contribution in [-0.2, 0) is 18.6 Å². The minimum absolute atomic E-state index is 0.314. The van der Waals surface area contributed by atoms with Crippen LogP contribution in [0.5, 0.6) is 5.75 Å². The maximum atomic E-state index is 12.4. The summed E-state index contributed by atoms with van der Waals surface area (Å²) in [6.07, 6.45) is 1.49. The highest BCUT2D eigenvalue weighted by Gasteiger charge is 2.13. The molecule has 0 aliphatic carbocycles. The first kappa shape index (κ1) is 17.4. The van der Waals surface area contributed by atoms with Crippen molar-refractivity contribution in [1.29, 1.82) is 0 Å². The Balaban J connectivity index is 1.73. The maximum Gasteiger partial charge on any atom is 0.343 e. The molecule has 25 heavy (non-hydrogen) atoms. The lowest BCUT2D eigenvalue weighted by atomic mass is 10.1. The van der Waals surface area contributed by atoms with Gasteiger partial charge in [0.1, 0.15) is 11.5 Å². The minimum Gasteiger partial charge on any atom is -0.496 e. The molecule has 3 aromatic rings. The van der Waals surface area contributed by atoms with E-state index in [2.05, 4.69) is 12.1 Å². The molecule has 128 valence electrons. The molecule has 3 nitrogen and oxygen atoms in total. The van der Waals surface area contributed by atoms with E-state index < -0.39 is 0 Å². The first-order valence-corrected chi connectivity index (χ1v) is 9.16. The molecule has 0 N–H and O–H groups in total. The van der Waals surface area contributed by atoms with Crippen molar-refractivity contribution in [1.82, 2.24) is 0 Å². The summed E-state index contributed by atoms with van der Waals surface area (Å²) in [5, 5.41) is 0. The summed E-state index contributed by atoms with van der Waals surface area (Å²) in [5.41, 5.74) is 1.47. The Morgan fingerprint density at radius 2 is 1.64 bits per heavy atom. The summed E-state index contributed by atoms with van der Waals surface area (Å²) < 4.78 is 10.9. The lowest BCUT2D eigenvalue weighted by molar-refractivity contribution is 0.386. The molecule has 0 spiro atoms. The number of hydrogen-bond acceptors (Lipinski definition) is 4. The van der Waals surface area contributed by atoms with E-state index in [1.807, 2.05) is 54.6 Å². The quantitative estimate of drug-likeness (QED) is 0.577. The van der Waals surface area contributed by atoms with E-state index in [9.17, 15) is 4.79 Å². The van der Waals surface area contributed by atoms with Crippen LogP contribution in [0.3, 0.4) is 0 Å². The molecule has 1 heterocycles. The average molecular weight is 352 g/mol. The summed E-state index contributed by atoms with van der Waals surface area (Å²) in [7, 11) is 1.59. The molecular formula is C21H20O3S. The largest absolute Gasteiger partial charge is 0.496 e. The van der Waals surface area contributed by atoms with Gasteiger partial charge in [0.2, 0.25) is 0 Å². The fourth-order valence-corrected chi connectivity index (χ4v) is 3.48. The highest BCUT2D eigenvalue weighted by molar-refractivity contribution is 7.98. The van der Waals surface area contributed by atoms with Crippen LogP contribution in [0.1, 0.15) is 16.9 Å². The average Bonchev–Trinajstić information content (AvgIpc) is 2.66. The molecule has 4 heteroatoms. The zero-order chi connectivity index (χ0) is 17.5. The van der Waals surface area contributed by atoms with Crippen molar-refractivity contribution < 1.29 is 9.15 Å². The van der Waals surface area contributed by atoms with Crippen molar-refractivity contribution in [3.63, 3.8) is 0 Å². The molecule has 0 saturated heterocycles. The third-order valence-corrected chi connectivity index (χ3v) is 4.95. The van der Waals surface area contributed by atoms with Crippen LogP contribution in [0.15, 0.2) is 80.8 Å². The molecule has 1 aromatic heterocycles. The molecule has 0 aliphatic rings. The lowest BCUT2D eigenvalue weighted by Gasteiger charge is -2.09. The molecule has 0 fully saturated rings.